The van der Waals surface area contributed by atoms with Gasteiger partial charge in [0.05, 0.1) is 0 Å². The van der Waals surface area contributed by atoms with Crippen molar-refractivity contribution in [2.24, 2.45) is 0 Å². The Morgan fingerprint density at radius 2 is 1.73 bits per heavy atom. The predicted octanol–water partition coefficient (Wildman–Crippen LogP) is 4.65. The first-order valence-electron chi connectivity index (χ1n) is 11.2. The van der Waals surface area contributed by atoms with Gasteiger partial charge in [0.2, 0.25) is 0 Å². The molecule has 0 amide bonds. The van der Waals surface area contributed by atoms with Crippen molar-refractivity contribution in [3.05, 3.63) is 100 Å². The average Bonchev–Trinajstić information content (AvgIpc) is 3.48. The molecule has 3 aromatic carbocycles. The fourth-order valence-corrected chi connectivity index (χ4v) is 7.37. The van der Waals surface area contributed by atoms with Crippen molar-refractivity contribution in [2.45, 2.75) is 31.2 Å². The average molecular weight is 561 g/mol. The van der Waals surface area contributed by atoms with Gasteiger partial charge in [-0.25, -0.2) is 0 Å². The van der Waals surface area contributed by atoms with E-state index in [0.717, 1.165) is 25.5 Å². The molecular weight excluding hydrogens is 540 g/mol. The van der Waals surface area contributed by atoms with Crippen LogP contribution >= 0.6 is 0 Å². The second-order valence-electron chi connectivity index (χ2n) is 8.91. The van der Waals surface area contributed by atoms with Gasteiger partial charge in [-0.1, -0.05) is 0 Å². The summed E-state index contributed by atoms with van der Waals surface area (Å²) in [6.07, 6.45) is 5.96. The van der Waals surface area contributed by atoms with E-state index < -0.39 is 5.97 Å². The molecule has 1 aliphatic heterocycles. The SMILES string of the molecule is O=C(O)c1ccc2c(c1)C(=[Se])C(=Cc1ccc3c(c1)C1CCCC1N3c1ccccc1)C2=[Se]. The molecule has 33 heavy (non-hydrogen) atoms. The minimum atomic E-state index is -0.905. The van der Waals surface area contributed by atoms with E-state index in [-0.39, 0.29) is 0 Å². The summed E-state index contributed by atoms with van der Waals surface area (Å²) in [6.45, 7) is 0. The van der Waals surface area contributed by atoms with Crippen molar-refractivity contribution in [3.8, 4) is 0 Å². The number of nitrogens with zero attached hydrogens (tertiary/aromatic N) is 1. The van der Waals surface area contributed by atoms with E-state index in [4.69, 9.17) is 0 Å². The van der Waals surface area contributed by atoms with Gasteiger partial charge in [-0.3, -0.25) is 0 Å². The van der Waals surface area contributed by atoms with Crippen LogP contribution in [-0.4, -0.2) is 57.1 Å². The molecule has 2 aliphatic carbocycles. The summed E-state index contributed by atoms with van der Waals surface area (Å²) in [5.74, 6) is -0.330. The molecule has 3 aromatic rings. The molecule has 3 aliphatic rings. The van der Waals surface area contributed by atoms with Gasteiger partial charge in [0, 0.05) is 0 Å². The van der Waals surface area contributed by atoms with Crippen molar-refractivity contribution >= 4 is 63.4 Å². The van der Waals surface area contributed by atoms with Gasteiger partial charge in [-0.2, -0.15) is 0 Å². The van der Waals surface area contributed by atoms with E-state index in [1.165, 1.54) is 41.8 Å². The third-order valence-electron chi connectivity index (χ3n) is 7.11. The second kappa shape index (κ2) is 8.04. The molecule has 2 unspecified atom stereocenters. The Kier molecular flexibility index (Phi) is 5.12. The Balaban J connectivity index is 1.40. The number of para-hydroxylation sites is 1. The summed E-state index contributed by atoms with van der Waals surface area (Å²) >= 11 is 6.40. The first kappa shape index (κ1) is 21.0. The predicted molar refractivity (Wildman–Crippen MR) is 137 cm³/mol. The van der Waals surface area contributed by atoms with Gasteiger partial charge < -0.3 is 0 Å². The molecule has 0 bridgehead atoms. The van der Waals surface area contributed by atoms with Gasteiger partial charge in [-0.05, 0) is 0 Å². The number of carboxylic acid groups (broad SMARTS) is 1. The molecule has 1 heterocycles. The third-order valence-corrected chi connectivity index (χ3v) is 8.96. The van der Waals surface area contributed by atoms with Gasteiger partial charge in [0.15, 0.2) is 0 Å². The van der Waals surface area contributed by atoms with Gasteiger partial charge in [-0.15, -0.1) is 0 Å². The topological polar surface area (TPSA) is 40.5 Å². The Bertz CT molecular complexity index is 1380. The van der Waals surface area contributed by atoms with Crippen LogP contribution in [0.15, 0.2) is 72.3 Å². The maximum absolute atomic E-state index is 11.4. The number of anilines is 2. The zero-order chi connectivity index (χ0) is 22.7. The number of carboxylic acids is 1. The van der Waals surface area contributed by atoms with E-state index >= 15 is 0 Å². The quantitative estimate of drug-likeness (QED) is 0.474. The number of carbonyl (C=O) groups is 1. The van der Waals surface area contributed by atoms with Crippen molar-refractivity contribution in [1.82, 2.24) is 0 Å². The summed E-state index contributed by atoms with van der Waals surface area (Å²) in [5, 5.41) is 9.38. The summed E-state index contributed by atoms with van der Waals surface area (Å²) < 4.78 is 2.05. The van der Waals surface area contributed by atoms with E-state index in [1.54, 1.807) is 12.1 Å². The van der Waals surface area contributed by atoms with Gasteiger partial charge in [0.1, 0.15) is 0 Å². The Hall–Kier alpha value is -2.55. The second-order valence-corrected chi connectivity index (χ2v) is 10.6. The molecule has 2 atom stereocenters. The van der Waals surface area contributed by atoms with E-state index in [9.17, 15) is 9.90 Å². The number of hydrogen-bond acceptors (Lipinski definition) is 2. The molecule has 5 heteroatoms. The molecule has 6 rings (SSSR count). The normalized spacial score (nSPS) is 21.9. The Labute approximate surface area is 208 Å². The van der Waals surface area contributed by atoms with Crippen molar-refractivity contribution in [1.29, 1.82) is 0 Å². The Morgan fingerprint density at radius 3 is 2.52 bits per heavy atom. The monoisotopic (exact) mass is 563 g/mol. The maximum atomic E-state index is 11.4. The molecule has 0 aromatic heterocycles. The Morgan fingerprint density at radius 1 is 0.939 bits per heavy atom. The van der Waals surface area contributed by atoms with Crippen LogP contribution in [0.2, 0.25) is 0 Å². The number of hydrogen-bond donors (Lipinski definition) is 1. The number of rotatable bonds is 3. The fraction of sp³-hybridized carbons (Fsp3) is 0.179. The van der Waals surface area contributed by atoms with Gasteiger partial charge in [0.25, 0.3) is 0 Å². The van der Waals surface area contributed by atoms with Crippen LogP contribution in [0.5, 0.6) is 0 Å². The van der Waals surface area contributed by atoms with Crippen LogP contribution in [0.1, 0.15) is 57.8 Å². The molecule has 3 nitrogen and oxygen atoms in total. The van der Waals surface area contributed by atoms with Crippen molar-refractivity contribution in [3.63, 3.8) is 0 Å². The number of aromatic carboxylic acids is 1. The zero-order valence-corrected chi connectivity index (χ0v) is 21.2. The van der Waals surface area contributed by atoms with E-state index in [1.807, 2.05) is 6.07 Å². The molecule has 0 saturated heterocycles. The molecular formula is C28H21NO2Se2. The zero-order valence-electron chi connectivity index (χ0n) is 17.8. The van der Waals surface area contributed by atoms with E-state index in [2.05, 4.69) is 90.7 Å². The molecule has 0 radical (unpaired) electrons. The summed E-state index contributed by atoms with van der Waals surface area (Å²) in [7, 11) is 0. The van der Waals surface area contributed by atoms with Crippen molar-refractivity contribution < 1.29 is 9.90 Å². The molecule has 162 valence electrons. The number of benzene rings is 3. The number of allylic oxidation sites excluding steroid dienone is 1. The van der Waals surface area contributed by atoms with Crippen LogP contribution in [0.25, 0.3) is 6.08 Å². The van der Waals surface area contributed by atoms with Crippen molar-refractivity contribution in [2.75, 3.05) is 4.90 Å². The first-order valence-corrected chi connectivity index (χ1v) is 12.9. The fourth-order valence-electron chi connectivity index (χ4n) is 5.64. The summed E-state index contributed by atoms with van der Waals surface area (Å²) in [6, 6.07) is 23.4. The van der Waals surface area contributed by atoms with Crippen LogP contribution < -0.4 is 4.90 Å². The van der Waals surface area contributed by atoms with E-state index in [0.29, 0.717) is 17.5 Å². The minimum absolute atomic E-state index is 0.307. The van der Waals surface area contributed by atoms with Crippen LogP contribution in [0.4, 0.5) is 11.4 Å². The molecule has 1 fully saturated rings. The van der Waals surface area contributed by atoms with Crippen LogP contribution in [-0.2, 0) is 0 Å². The number of fused-ring (bicyclic) bond motifs is 4. The summed E-state index contributed by atoms with van der Waals surface area (Å²) in [4.78, 5) is 14.0. The van der Waals surface area contributed by atoms with Crippen LogP contribution in [0.3, 0.4) is 0 Å². The third kappa shape index (κ3) is 3.34. The summed E-state index contributed by atoms with van der Waals surface area (Å²) in [5.41, 5.74) is 8.62. The van der Waals surface area contributed by atoms with Crippen LogP contribution in [0, 0.1) is 0 Å². The molecule has 1 saturated carbocycles. The molecule has 1 N–H and O–H groups in total. The first-order chi connectivity index (χ1) is 16.0. The molecule has 0 spiro atoms. The standard InChI is InChI=1S/C28H21NO2Se2/c30-28(31)17-10-11-20-22(15-17)27(33)23(26(20)32)14-16-9-12-25-21(13-16)19-7-4-8-24(19)29(25)18-5-2-1-3-6-18/h1-3,5-6,9-15,19,24H,4,7-8H2,(H,30,31). The van der Waals surface area contributed by atoms with Gasteiger partial charge >= 0.3 is 210 Å².